The van der Waals surface area contributed by atoms with E-state index in [0.717, 1.165) is 40.1 Å². The van der Waals surface area contributed by atoms with Crippen molar-refractivity contribution in [2.45, 2.75) is 51.7 Å². The van der Waals surface area contributed by atoms with Gasteiger partial charge in [0.25, 0.3) is 0 Å². The van der Waals surface area contributed by atoms with E-state index in [0.29, 0.717) is 19.5 Å². The SMILES string of the molecule is C[Si](C)(C)CCS(=O)(=O)NCCc1cn(C(=O)OCc2ccccc2)c2ccccc12.NCCc1c[nH]c2ccccc12.O=C(OCc1ccccc1)n1ccnc1.S=S=S=S=S=S=S=S=S=S=S. The van der Waals surface area contributed by atoms with Gasteiger partial charge in [-0.05, 0) is 59.8 Å². The Bertz CT molecular complexity index is 3200. The first-order chi connectivity index (χ1) is 33.3. The smallest absolute Gasteiger partial charge is 0.419 e. The number of para-hydroxylation sites is 2. The molecule has 0 fully saturated rings. The quantitative estimate of drug-likeness (QED) is 0.0958. The number of nitrogens with one attached hydrogen (secondary N) is 2. The average molecular weight is 1170 g/mol. The van der Waals surface area contributed by atoms with E-state index in [1.54, 1.807) is 74.6 Å². The highest BCUT2D eigenvalue weighted by atomic mass is 33.4. The number of nitrogens with two attached hydrogens (primary N) is 1. The molecule has 7 rings (SSSR count). The summed E-state index contributed by atoms with van der Waals surface area (Å²) in [7, 11) is 9.76. The number of ether oxygens (including phenoxy) is 2. The maximum absolute atomic E-state index is 12.7. The van der Waals surface area contributed by atoms with Crippen molar-refractivity contribution in [2.75, 3.05) is 18.8 Å². The largest absolute Gasteiger partial charge is 0.444 e. The molecule has 0 aliphatic rings. The molecule has 25 heteroatoms. The molecule has 0 saturated carbocycles. The molecule has 0 spiro atoms. The van der Waals surface area contributed by atoms with Crippen LogP contribution >= 0.6 is 0 Å². The van der Waals surface area contributed by atoms with Crippen molar-refractivity contribution in [3.8, 4) is 0 Å². The highest BCUT2D eigenvalue weighted by molar-refractivity contribution is 8.74. The van der Waals surface area contributed by atoms with E-state index in [1.165, 1.54) is 55.9 Å². The fourth-order valence-corrected chi connectivity index (χ4v) is 29.3. The first-order valence-electron chi connectivity index (χ1n) is 20.8. The number of imidazole rings is 1. The minimum atomic E-state index is -3.30. The summed E-state index contributed by atoms with van der Waals surface area (Å²) < 4.78 is 40.6. The van der Waals surface area contributed by atoms with E-state index >= 15 is 0 Å². The molecule has 0 saturated heterocycles. The number of hydrogen-bond donors (Lipinski definition) is 3. The molecule has 0 radical (unpaired) electrons. The van der Waals surface area contributed by atoms with E-state index in [2.05, 4.69) is 74.9 Å². The van der Waals surface area contributed by atoms with Gasteiger partial charge in [0.1, 0.15) is 19.5 Å². The zero-order valence-electron chi connectivity index (χ0n) is 37.7. The minimum absolute atomic E-state index is 0.163. The van der Waals surface area contributed by atoms with Gasteiger partial charge in [0.15, 0.2) is 0 Å². The van der Waals surface area contributed by atoms with E-state index < -0.39 is 30.3 Å². The van der Waals surface area contributed by atoms with Gasteiger partial charge in [-0.1, -0.05) is 117 Å². The van der Waals surface area contributed by atoms with Gasteiger partial charge in [-0.15, -0.1) is 0 Å². The molecule has 3 heterocycles. The van der Waals surface area contributed by atoms with Gasteiger partial charge in [0.05, 0.1) is 11.3 Å². The number of sulfonamides is 1. The zero-order chi connectivity index (χ0) is 49.7. The summed E-state index contributed by atoms with van der Waals surface area (Å²) >= 11 is 9.35. The minimum Gasteiger partial charge on any atom is -0.444 e. The highest BCUT2D eigenvalue weighted by Gasteiger charge is 2.19. The fraction of sp³-hybridized carbons (Fsp3) is 0.250. The molecule has 4 N–H and O–H groups in total. The van der Waals surface area contributed by atoms with Gasteiger partial charge in [0, 0.05) is 158 Å². The number of nitrogens with zero attached hydrogens (tertiary/aromatic N) is 3. The summed E-state index contributed by atoms with van der Waals surface area (Å²) in [6, 6.07) is 35.6. The summed E-state index contributed by atoms with van der Waals surface area (Å²) in [6.45, 7) is 7.95. The van der Waals surface area contributed by atoms with Crippen LogP contribution in [0.4, 0.5) is 9.59 Å². The lowest BCUT2D eigenvalue weighted by Gasteiger charge is -2.15. The van der Waals surface area contributed by atoms with Crippen molar-refractivity contribution in [2.24, 2.45) is 5.73 Å². The van der Waals surface area contributed by atoms with E-state index in [-0.39, 0.29) is 19.0 Å². The van der Waals surface area contributed by atoms with Crippen LogP contribution in [0.2, 0.25) is 25.7 Å². The Morgan fingerprint density at radius 3 is 1.84 bits per heavy atom. The number of hydrogen-bond acceptors (Lipinski definition) is 10. The molecule has 7 aromatic rings. The van der Waals surface area contributed by atoms with Crippen molar-refractivity contribution < 1.29 is 27.5 Å². The van der Waals surface area contributed by atoms with Gasteiger partial charge in [-0.2, -0.15) is 0 Å². The van der Waals surface area contributed by atoms with Crippen molar-refractivity contribution in [3.63, 3.8) is 0 Å². The topological polar surface area (TPSA) is 163 Å². The summed E-state index contributed by atoms with van der Waals surface area (Å²) in [4.78, 5) is 31.0. The molecule has 0 aliphatic heterocycles. The summed E-state index contributed by atoms with van der Waals surface area (Å²) in [6.07, 6.45) is 8.84. The second-order valence-corrected chi connectivity index (χ2v) is 38.8. The molecule has 0 aliphatic carbocycles. The lowest BCUT2D eigenvalue weighted by molar-refractivity contribution is 0.141. The lowest BCUT2D eigenvalue weighted by atomic mass is 10.1. The van der Waals surface area contributed by atoms with Crippen LogP contribution in [-0.4, -0.2) is 66.6 Å². The number of H-pyrrole nitrogens is 1. The second-order valence-electron chi connectivity index (χ2n) is 15.4. The molecule has 0 amide bonds. The van der Waals surface area contributed by atoms with E-state index in [9.17, 15) is 18.0 Å². The first kappa shape index (κ1) is 58.2. The number of carbonyl (C=O) groups excluding carboxylic acids is 2. The molecule has 370 valence electrons. The molecular weight excluding hydrogens is 1120 g/mol. The van der Waals surface area contributed by atoms with Crippen LogP contribution in [0.1, 0.15) is 22.3 Å². The number of rotatable bonds is 13. The number of carbonyl (C=O) groups is 2. The van der Waals surface area contributed by atoms with Crippen LogP contribution in [0.15, 0.2) is 140 Å². The Morgan fingerprint density at radius 2 is 1.28 bits per heavy atom. The normalized spacial score (nSPS) is 10.6. The fourth-order valence-electron chi connectivity index (χ4n) is 5.98. The standard InChI is InChI=1S/C23H30N2O4SSi.C11H10N2O2.C10H12N2.S11/c1-31(2,3)16-15-30(27,28)24-14-13-20-17-25(22-12-8-7-11-21(20)22)23(26)29-18-19-9-5-4-6-10-19;14-11(13-7-6-12-9-13)15-8-10-4-2-1-3-5-10;11-6-5-8-7-12-10-4-2-1-3-9(8)10;1-3-5-7-9-11-10-8-6-4-2/h4-12,17,24H,13-16,18H2,1-3H3;1-7,9H,8H2;1-4,7,12H,5-6,11H2;. The Hall–Kier alpha value is -3.38. The van der Waals surface area contributed by atoms with Crippen LogP contribution in [0, 0.1) is 0 Å². The van der Waals surface area contributed by atoms with Crippen LogP contribution < -0.4 is 10.5 Å². The third kappa shape index (κ3) is 22.7. The highest BCUT2D eigenvalue weighted by Crippen LogP contribution is 2.23. The second kappa shape index (κ2) is 32.6. The summed E-state index contributed by atoms with van der Waals surface area (Å²) in [5.74, 6) is 0.163. The average Bonchev–Trinajstić information content (AvgIpc) is 4.14. The van der Waals surface area contributed by atoms with Crippen molar-refractivity contribution in [1.29, 1.82) is 0 Å². The first-order valence-corrected chi connectivity index (χ1v) is 39.5. The molecule has 12 nitrogen and oxygen atoms in total. The molecular formula is C44H52N6O6S12Si. The zero-order valence-corrected chi connectivity index (χ0v) is 48.5. The summed E-state index contributed by atoms with van der Waals surface area (Å²) in [5, 5.41) is 2.21. The number of fused-ring (bicyclic) bond motifs is 2. The van der Waals surface area contributed by atoms with Crippen LogP contribution in [0.3, 0.4) is 0 Å². The van der Waals surface area contributed by atoms with Crippen molar-refractivity contribution >= 4 is 154 Å². The van der Waals surface area contributed by atoms with Gasteiger partial charge in [0.2, 0.25) is 10.0 Å². The van der Waals surface area contributed by atoms with Gasteiger partial charge < -0.3 is 20.2 Å². The molecule has 4 aromatic carbocycles. The van der Waals surface area contributed by atoms with Gasteiger partial charge in [-0.25, -0.2) is 32.3 Å². The summed E-state index contributed by atoms with van der Waals surface area (Å²) in [5.41, 5.74) is 11.5. The Kier molecular flexibility index (Phi) is 27.5. The van der Waals surface area contributed by atoms with Gasteiger partial charge in [-0.3, -0.25) is 4.57 Å². The Balaban J connectivity index is 0.000000225. The molecule has 0 atom stereocenters. The maximum Gasteiger partial charge on any atom is 0.419 e. The van der Waals surface area contributed by atoms with E-state index in [4.69, 9.17) is 15.2 Å². The van der Waals surface area contributed by atoms with Crippen LogP contribution in [0.5, 0.6) is 0 Å². The predicted octanol–water partition coefficient (Wildman–Crippen LogP) is 8.34. The van der Waals surface area contributed by atoms with Crippen LogP contribution in [0.25, 0.3) is 21.8 Å². The number of benzene rings is 4. The van der Waals surface area contributed by atoms with Gasteiger partial charge >= 0.3 is 12.2 Å². The lowest BCUT2D eigenvalue weighted by Crippen LogP contribution is -2.32. The monoisotopic (exact) mass is 1170 g/mol. The molecule has 0 bridgehead atoms. The third-order valence-corrected chi connectivity index (χ3v) is 30.5. The third-order valence-electron chi connectivity index (χ3n) is 9.26. The molecule has 69 heavy (non-hydrogen) atoms. The van der Waals surface area contributed by atoms with E-state index in [1.807, 2.05) is 97.2 Å². The Morgan fingerprint density at radius 1 is 0.725 bits per heavy atom. The molecule has 3 aromatic heterocycles. The molecule has 0 unspecified atom stereocenters. The van der Waals surface area contributed by atoms with Crippen molar-refractivity contribution in [1.82, 2.24) is 23.8 Å². The number of aromatic nitrogens is 4. The van der Waals surface area contributed by atoms with Crippen molar-refractivity contribution in [3.05, 3.63) is 163 Å². The predicted molar refractivity (Wildman–Crippen MR) is 314 cm³/mol. The maximum atomic E-state index is 12.7. The van der Waals surface area contributed by atoms with Crippen LogP contribution in [-0.2, 0) is 148 Å². The number of aromatic amines is 1. The Labute approximate surface area is 440 Å².